The fourth-order valence-corrected chi connectivity index (χ4v) is 1.50. The molecule has 1 aliphatic heterocycles. The summed E-state index contributed by atoms with van der Waals surface area (Å²) < 4.78 is 12.8. The van der Waals surface area contributed by atoms with Crippen molar-refractivity contribution in [1.29, 1.82) is 0 Å². The largest absolute Gasteiger partial charge is 0.384 e. The van der Waals surface area contributed by atoms with Gasteiger partial charge in [0.2, 0.25) is 0 Å². The lowest BCUT2D eigenvalue weighted by Crippen LogP contribution is -2.27. The Hall–Kier alpha value is -1.38. The van der Waals surface area contributed by atoms with E-state index in [0.717, 1.165) is 5.69 Å². The molecule has 2 nitrogen and oxygen atoms in total. The van der Waals surface area contributed by atoms with Crippen LogP contribution in [0, 0.1) is 11.7 Å². The van der Waals surface area contributed by atoms with Gasteiger partial charge in [0, 0.05) is 23.7 Å². The molecule has 68 valence electrons. The Morgan fingerprint density at radius 3 is 3.08 bits per heavy atom. The molecule has 2 rings (SSSR count). The van der Waals surface area contributed by atoms with Crippen molar-refractivity contribution < 1.29 is 9.18 Å². The monoisotopic (exact) mass is 179 g/mol. The van der Waals surface area contributed by atoms with Crippen molar-refractivity contribution >= 4 is 11.5 Å². The van der Waals surface area contributed by atoms with E-state index in [-0.39, 0.29) is 17.5 Å². The molecular formula is C10H10FNO. The quantitative estimate of drug-likeness (QED) is 0.660. The molecule has 1 unspecified atom stereocenters. The predicted molar refractivity (Wildman–Crippen MR) is 48.4 cm³/mol. The Morgan fingerprint density at radius 1 is 1.54 bits per heavy atom. The van der Waals surface area contributed by atoms with Crippen LogP contribution >= 0.6 is 0 Å². The maximum atomic E-state index is 12.8. The second kappa shape index (κ2) is 2.83. The van der Waals surface area contributed by atoms with Gasteiger partial charge in [-0.3, -0.25) is 4.79 Å². The van der Waals surface area contributed by atoms with E-state index < -0.39 is 0 Å². The highest BCUT2D eigenvalue weighted by atomic mass is 19.1. The van der Waals surface area contributed by atoms with Crippen LogP contribution in [0.4, 0.5) is 10.1 Å². The molecule has 0 saturated heterocycles. The van der Waals surface area contributed by atoms with Crippen molar-refractivity contribution in [2.45, 2.75) is 6.92 Å². The van der Waals surface area contributed by atoms with Crippen molar-refractivity contribution in [3.63, 3.8) is 0 Å². The number of carbonyl (C=O) groups is 1. The molecule has 13 heavy (non-hydrogen) atoms. The zero-order chi connectivity index (χ0) is 9.42. The number of hydrogen-bond donors (Lipinski definition) is 1. The maximum Gasteiger partial charge on any atom is 0.169 e. The highest BCUT2D eigenvalue weighted by Gasteiger charge is 2.23. The lowest BCUT2D eigenvalue weighted by atomic mass is 9.94. The van der Waals surface area contributed by atoms with Gasteiger partial charge < -0.3 is 5.32 Å². The van der Waals surface area contributed by atoms with E-state index in [1.165, 1.54) is 12.1 Å². The van der Waals surface area contributed by atoms with Gasteiger partial charge in [-0.15, -0.1) is 0 Å². The Labute approximate surface area is 75.8 Å². The zero-order valence-electron chi connectivity index (χ0n) is 7.30. The lowest BCUT2D eigenvalue weighted by molar-refractivity contribution is 0.0931. The molecule has 1 aliphatic rings. The molecule has 1 aromatic carbocycles. The van der Waals surface area contributed by atoms with Crippen LogP contribution in [-0.2, 0) is 0 Å². The van der Waals surface area contributed by atoms with Crippen molar-refractivity contribution in [2.75, 3.05) is 11.9 Å². The number of fused-ring (bicyclic) bond motifs is 1. The van der Waals surface area contributed by atoms with Crippen LogP contribution in [0.25, 0.3) is 0 Å². The third-order valence-corrected chi connectivity index (χ3v) is 2.29. The van der Waals surface area contributed by atoms with Gasteiger partial charge in [0.15, 0.2) is 5.78 Å². The molecule has 1 N–H and O–H groups in total. The van der Waals surface area contributed by atoms with E-state index in [0.29, 0.717) is 12.1 Å². The molecule has 0 amide bonds. The molecule has 0 spiro atoms. The smallest absolute Gasteiger partial charge is 0.169 e. The normalized spacial score (nSPS) is 20.8. The summed E-state index contributed by atoms with van der Waals surface area (Å²) in [5, 5.41) is 3.08. The molecule has 0 fully saturated rings. The number of carbonyl (C=O) groups excluding carboxylic acids is 1. The topological polar surface area (TPSA) is 29.1 Å². The standard InChI is InChI=1S/C10H10FNO/c1-6-5-12-9-3-2-7(11)4-8(9)10(6)13/h2-4,6,12H,5H2,1H3. The van der Waals surface area contributed by atoms with Crippen LogP contribution in [0.1, 0.15) is 17.3 Å². The number of hydrogen-bond acceptors (Lipinski definition) is 2. The highest BCUT2D eigenvalue weighted by Crippen LogP contribution is 2.24. The van der Waals surface area contributed by atoms with Crippen LogP contribution in [0.15, 0.2) is 18.2 Å². The molecule has 0 aromatic heterocycles. The second-order valence-corrected chi connectivity index (χ2v) is 3.34. The minimum atomic E-state index is -0.358. The Bertz CT molecular complexity index is 362. The average Bonchev–Trinajstić information content (AvgIpc) is 2.12. The van der Waals surface area contributed by atoms with E-state index in [9.17, 15) is 9.18 Å². The first kappa shape index (κ1) is 8.23. The number of benzene rings is 1. The van der Waals surface area contributed by atoms with Gasteiger partial charge in [-0.2, -0.15) is 0 Å². The molecule has 3 heteroatoms. The summed E-state index contributed by atoms with van der Waals surface area (Å²) in [5.41, 5.74) is 1.21. The molecule has 1 heterocycles. The van der Waals surface area contributed by atoms with Crippen molar-refractivity contribution in [2.24, 2.45) is 5.92 Å². The van der Waals surface area contributed by atoms with Crippen molar-refractivity contribution in [3.8, 4) is 0 Å². The molecule has 1 atom stereocenters. The molecule has 0 saturated carbocycles. The fourth-order valence-electron chi connectivity index (χ4n) is 1.50. The van der Waals surface area contributed by atoms with Gasteiger partial charge in [0.25, 0.3) is 0 Å². The third kappa shape index (κ3) is 1.30. The summed E-state index contributed by atoms with van der Waals surface area (Å²) in [6, 6.07) is 4.25. The summed E-state index contributed by atoms with van der Waals surface area (Å²) >= 11 is 0. The summed E-state index contributed by atoms with van der Waals surface area (Å²) in [4.78, 5) is 11.6. The van der Waals surface area contributed by atoms with Crippen LogP contribution < -0.4 is 5.32 Å². The Kier molecular flexibility index (Phi) is 1.79. The lowest BCUT2D eigenvalue weighted by Gasteiger charge is -2.21. The number of ketones is 1. The van der Waals surface area contributed by atoms with Crippen LogP contribution in [0.2, 0.25) is 0 Å². The predicted octanol–water partition coefficient (Wildman–Crippen LogP) is 2.07. The van der Waals surface area contributed by atoms with Gasteiger partial charge in [-0.25, -0.2) is 4.39 Å². The molecule has 0 radical (unpaired) electrons. The number of Topliss-reactive ketones (excluding diaryl/α,β-unsaturated/α-hetero) is 1. The number of halogens is 1. The van der Waals surface area contributed by atoms with Gasteiger partial charge in [-0.05, 0) is 18.2 Å². The molecule has 0 aliphatic carbocycles. The summed E-state index contributed by atoms with van der Waals surface area (Å²) in [6.45, 7) is 2.47. The minimum Gasteiger partial charge on any atom is -0.384 e. The first-order valence-corrected chi connectivity index (χ1v) is 4.26. The highest BCUT2D eigenvalue weighted by molar-refractivity contribution is 6.04. The second-order valence-electron chi connectivity index (χ2n) is 3.34. The van der Waals surface area contributed by atoms with E-state index in [1.54, 1.807) is 6.07 Å². The first-order chi connectivity index (χ1) is 6.18. The van der Waals surface area contributed by atoms with Crippen LogP contribution in [0.5, 0.6) is 0 Å². The summed E-state index contributed by atoms with van der Waals surface area (Å²) in [6.07, 6.45) is 0. The van der Waals surface area contributed by atoms with Gasteiger partial charge >= 0.3 is 0 Å². The maximum absolute atomic E-state index is 12.8. The van der Waals surface area contributed by atoms with Crippen molar-refractivity contribution in [3.05, 3.63) is 29.6 Å². The van der Waals surface area contributed by atoms with E-state index in [4.69, 9.17) is 0 Å². The van der Waals surface area contributed by atoms with Crippen LogP contribution in [-0.4, -0.2) is 12.3 Å². The SMILES string of the molecule is CC1CNc2ccc(F)cc2C1=O. The minimum absolute atomic E-state index is 0.0215. The van der Waals surface area contributed by atoms with Crippen LogP contribution in [0.3, 0.4) is 0 Å². The Morgan fingerprint density at radius 2 is 2.31 bits per heavy atom. The number of rotatable bonds is 0. The Balaban J connectivity index is 2.51. The van der Waals surface area contributed by atoms with Gasteiger partial charge in [0.05, 0.1) is 0 Å². The van der Waals surface area contributed by atoms with Crippen molar-refractivity contribution in [1.82, 2.24) is 0 Å². The molecular weight excluding hydrogens is 169 g/mol. The summed E-state index contributed by atoms with van der Waals surface area (Å²) in [5.74, 6) is -0.398. The van der Waals surface area contributed by atoms with Gasteiger partial charge in [0.1, 0.15) is 5.82 Å². The van der Waals surface area contributed by atoms with Gasteiger partial charge in [-0.1, -0.05) is 6.92 Å². The number of nitrogens with one attached hydrogen (secondary N) is 1. The molecule has 0 bridgehead atoms. The molecule has 1 aromatic rings. The number of anilines is 1. The zero-order valence-corrected chi connectivity index (χ0v) is 7.30. The summed E-state index contributed by atoms with van der Waals surface area (Å²) in [7, 11) is 0. The average molecular weight is 179 g/mol. The van der Waals surface area contributed by atoms with E-state index in [2.05, 4.69) is 5.32 Å². The fraction of sp³-hybridized carbons (Fsp3) is 0.300. The third-order valence-electron chi connectivity index (χ3n) is 2.29. The first-order valence-electron chi connectivity index (χ1n) is 4.26. The van der Waals surface area contributed by atoms with E-state index >= 15 is 0 Å². The van der Waals surface area contributed by atoms with E-state index in [1.807, 2.05) is 6.92 Å².